The average molecular weight is 444 g/mol. The van der Waals surface area contributed by atoms with E-state index in [1.165, 1.54) is 6.07 Å². The zero-order valence-electron chi connectivity index (χ0n) is 18.7. The number of para-hydroxylation sites is 1. The van der Waals surface area contributed by atoms with Crippen LogP contribution in [-0.2, 0) is 11.3 Å². The molecule has 7 nitrogen and oxygen atoms in total. The monoisotopic (exact) mass is 443 g/mol. The normalized spacial score (nSPS) is 14.1. The summed E-state index contributed by atoms with van der Waals surface area (Å²) >= 11 is 0. The van der Waals surface area contributed by atoms with Gasteiger partial charge in [-0.3, -0.25) is 9.59 Å². The molecule has 1 fully saturated rings. The lowest BCUT2D eigenvalue weighted by molar-refractivity contribution is 0.0304. The van der Waals surface area contributed by atoms with Gasteiger partial charge < -0.3 is 18.6 Å². The van der Waals surface area contributed by atoms with Crippen molar-refractivity contribution in [3.05, 3.63) is 87.5 Å². The molecule has 0 unspecified atom stereocenters. The minimum absolute atomic E-state index is 0.141. The lowest BCUT2D eigenvalue weighted by Crippen LogP contribution is -2.41. The Hall–Kier alpha value is -3.71. The van der Waals surface area contributed by atoms with E-state index in [4.69, 9.17) is 9.15 Å². The van der Waals surface area contributed by atoms with Crippen molar-refractivity contribution in [1.29, 1.82) is 0 Å². The van der Waals surface area contributed by atoms with Crippen LogP contribution in [0.25, 0.3) is 22.4 Å². The average Bonchev–Trinajstić information content (AvgIpc) is 3.21. The predicted molar refractivity (Wildman–Crippen MR) is 125 cm³/mol. The van der Waals surface area contributed by atoms with E-state index in [1.807, 2.05) is 62.4 Å². The maximum Gasteiger partial charge on any atom is 0.254 e. The van der Waals surface area contributed by atoms with Crippen molar-refractivity contribution in [3.63, 3.8) is 0 Å². The fourth-order valence-corrected chi connectivity index (χ4v) is 4.24. The summed E-state index contributed by atoms with van der Waals surface area (Å²) in [6.45, 7) is 6.19. The van der Waals surface area contributed by atoms with E-state index in [9.17, 15) is 9.59 Å². The maximum atomic E-state index is 13.2. The van der Waals surface area contributed by atoms with Gasteiger partial charge in [0.25, 0.3) is 11.5 Å². The summed E-state index contributed by atoms with van der Waals surface area (Å²) in [5.41, 5.74) is 3.57. The van der Waals surface area contributed by atoms with Crippen LogP contribution in [0.15, 0.2) is 63.8 Å². The van der Waals surface area contributed by atoms with Gasteiger partial charge in [0.1, 0.15) is 11.5 Å². The van der Waals surface area contributed by atoms with Crippen molar-refractivity contribution < 1.29 is 13.9 Å². The van der Waals surface area contributed by atoms with Crippen LogP contribution in [0.1, 0.15) is 27.4 Å². The van der Waals surface area contributed by atoms with Gasteiger partial charge in [0.2, 0.25) is 5.89 Å². The van der Waals surface area contributed by atoms with Gasteiger partial charge >= 0.3 is 0 Å². The first-order chi connectivity index (χ1) is 16.0. The number of nitrogens with zero attached hydrogens (tertiary/aromatic N) is 3. The van der Waals surface area contributed by atoms with E-state index in [2.05, 4.69) is 4.98 Å². The van der Waals surface area contributed by atoms with Crippen LogP contribution in [0.5, 0.6) is 0 Å². The molecular formula is C26H25N3O4. The first-order valence-corrected chi connectivity index (χ1v) is 11.0. The van der Waals surface area contributed by atoms with E-state index in [0.717, 1.165) is 16.5 Å². The molecule has 0 radical (unpaired) electrons. The molecule has 2 aromatic heterocycles. The molecule has 0 saturated carbocycles. The largest absolute Gasteiger partial charge is 0.441 e. The number of pyridine rings is 1. The zero-order chi connectivity index (χ0) is 22.9. The Labute approximate surface area is 191 Å². The van der Waals surface area contributed by atoms with Gasteiger partial charge in [-0.15, -0.1) is 0 Å². The molecule has 0 atom stereocenters. The molecule has 1 amide bonds. The Morgan fingerprint density at radius 2 is 1.82 bits per heavy atom. The Kier molecular flexibility index (Phi) is 5.56. The number of carbonyl (C=O) groups excluding carboxylic acids is 1. The Bertz CT molecular complexity index is 1400. The number of fused-ring (bicyclic) bond motifs is 1. The predicted octanol–water partition coefficient (Wildman–Crippen LogP) is 3.79. The number of oxazole rings is 1. The summed E-state index contributed by atoms with van der Waals surface area (Å²) < 4.78 is 12.9. The van der Waals surface area contributed by atoms with Crippen LogP contribution in [0.3, 0.4) is 0 Å². The number of morpholine rings is 1. The van der Waals surface area contributed by atoms with Crippen LogP contribution >= 0.6 is 0 Å². The molecular weight excluding hydrogens is 418 g/mol. The Morgan fingerprint density at radius 3 is 2.61 bits per heavy atom. The van der Waals surface area contributed by atoms with E-state index in [0.29, 0.717) is 54.7 Å². The fourth-order valence-electron chi connectivity index (χ4n) is 4.24. The fraction of sp³-hybridized carbons (Fsp3) is 0.269. The van der Waals surface area contributed by atoms with Crippen LogP contribution in [0.2, 0.25) is 0 Å². The second-order valence-electron chi connectivity index (χ2n) is 8.30. The molecule has 7 heteroatoms. The minimum atomic E-state index is -0.246. The number of amides is 1. The first kappa shape index (κ1) is 21.2. The second-order valence-corrected chi connectivity index (χ2v) is 8.30. The highest BCUT2D eigenvalue weighted by Crippen LogP contribution is 2.25. The molecule has 1 aliphatic rings. The molecule has 5 rings (SSSR count). The van der Waals surface area contributed by atoms with Gasteiger partial charge in [-0.1, -0.05) is 35.9 Å². The van der Waals surface area contributed by atoms with Gasteiger partial charge in [0.05, 0.1) is 30.8 Å². The molecule has 1 aliphatic heterocycles. The maximum absolute atomic E-state index is 13.2. The van der Waals surface area contributed by atoms with Crippen LogP contribution in [0, 0.1) is 13.8 Å². The SMILES string of the molecule is Cc1cccc(-c2nc(Cn3c(=O)cc(C(=O)N4CCOCC4)c4ccccc43)c(C)o2)c1. The molecule has 4 aromatic rings. The quantitative estimate of drug-likeness (QED) is 0.480. The van der Waals surface area contributed by atoms with Crippen molar-refractivity contribution in [3.8, 4) is 11.5 Å². The van der Waals surface area contributed by atoms with Crippen molar-refractivity contribution in [2.24, 2.45) is 0 Å². The Balaban J connectivity index is 1.54. The van der Waals surface area contributed by atoms with Gasteiger partial charge in [-0.2, -0.15) is 0 Å². The molecule has 3 heterocycles. The molecule has 0 spiro atoms. The van der Waals surface area contributed by atoms with Crippen LogP contribution in [-0.4, -0.2) is 46.7 Å². The number of rotatable bonds is 4. The summed E-state index contributed by atoms with van der Waals surface area (Å²) in [4.78, 5) is 32.8. The number of benzene rings is 2. The van der Waals surface area contributed by atoms with Crippen LogP contribution < -0.4 is 5.56 Å². The van der Waals surface area contributed by atoms with Crippen molar-refractivity contribution in [1.82, 2.24) is 14.5 Å². The third kappa shape index (κ3) is 4.07. The number of carbonyl (C=O) groups is 1. The second kappa shape index (κ2) is 8.67. The standard InChI is InChI=1S/C26H25N3O4/c1-17-6-5-7-19(14-17)25-27-22(18(2)33-25)16-29-23-9-4-3-8-20(23)21(15-24(29)30)26(31)28-10-12-32-13-11-28/h3-9,14-15H,10-13,16H2,1-2H3. The third-order valence-corrected chi connectivity index (χ3v) is 6.01. The number of hydrogen-bond acceptors (Lipinski definition) is 5. The summed E-state index contributed by atoms with van der Waals surface area (Å²) in [5.74, 6) is 1.05. The molecule has 0 aliphatic carbocycles. The number of ether oxygens (including phenoxy) is 1. The van der Waals surface area contributed by atoms with E-state index in [1.54, 1.807) is 9.47 Å². The Morgan fingerprint density at radius 1 is 1.03 bits per heavy atom. The van der Waals surface area contributed by atoms with Crippen molar-refractivity contribution in [2.45, 2.75) is 20.4 Å². The van der Waals surface area contributed by atoms with Crippen molar-refractivity contribution in [2.75, 3.05) is 26.3 Å². The summed E-state index contributed by atoms with van der Waals surface area (Å²) in [7, 11) is 0. The molecule has 0 bridgehead atoms. The van der Waals surface area contributed by atoms with Gasteiger partial charge in [0.15, 0.2) is 0 Å². The van der Waals surface area contributed by atoms with Gasteiger partial charge in [-0.25, -0.2) is 4.98 Å². The highest BCUT2D eigenvalue weighted by molar-refractivity contribution is 6.06. The number of hydrogen-bond donors (Lipinski definition) is 0. The molecule has 33 heavy (non-hydrogen) atoms. The van der Waals surface area contributed by atoms with Crippen LogP contribution in [0.4, 0.5) is 0 Å². The lowest BCUT2D eigenvalue weighted by atomic mass is 10.1. The van der Waals surface area contributed by atoms with E-state index < -0.39 is 0 Å². The van der Waals surface area contributed by atoms with Crippen molar-refractivity contribution >= 4 is 16.8 Å². The summed E-state index contributed by atoms with van der Waals surface area (Å²) in [5, 5.41) is 0.744. The lowest BCUT2D eigenvalue weighted by Gasteiger charge is -2.27. The topological polar surface area (TPSA) is 77.6 Å². The first-order valence-electron chi connectivity index (χ1n) is 11.0. The molecule has 2 aromatic carbocycles. The summed E-state index contributed by atoms with van der Waals surface area (Å²) in [6, 6.07) is 16.9. The third-order valence-electron chi connectivity index (χ3n) is 6.01. The van der Waals surface area contributed by atoms with E-state index >= 15 is 0 Å². The van der Waals surface area contributed by atoms with E-state index in [-0.39, 0.29) is 18.0 Å². The highest BCUT2D eigenvalue weighted by atomic mass is 16.5. The van der Waals surface area contributed by atoms with Gasteiger partial charge in [-0.05, 0) is 32.0 Å². The summed E-state index contributed by atoms with van der Waals surface area (Å²) in [6.07, 6.45) is 0. The highest BCUT2D eigenvalue weighted by Gasteiger charge is 2.23. The number of aryl methyl sites for hydroxylation is 2. The number of aromatic nitrogens is 2. The van der Waals surface area contributed by atoms with Gasteiger partial charge in [0, 0.05) is 30.1 Å². The minimum Gasteiger partial charge on any atom is -0.441 e. The molecule has 1 saturated heterocycles. The molecule has 0 N–H and O–H groups in total. The molecule has 168 valence electrons. The zero-order valence-corrected chi connectivity index (χ0v) is 18.7. The smallest absolute Gasteiger partial charge is 0.254 e.